The predicted octanol–water partition coefficient (Wildman–Crippen LogP) is 1.48. The number of benzene rings is 1. The molecule has 1 saturated heterocycles. The normalized spacial score (nSPS) is 26.0. The third-order valence-corrected chi connectivity index (χ3v) is 4.72. The summed E-state index contributed by atoms with van der Waals surface area (Å²) in [5, 5.41) is 11.6. The quantitative estimate of drug-likeness (QED) is 0.808. The first-order valence-electron chi connectivity index (χ1n) is 7.58. The molecule has 23 heavy (non-hydrogen) atoms. The van der Waals surface area contributed by atoms with Crippen LogP contribution in [0.25, 0.3) is 0 Å². The molecule has 2 N–H and O–H groups in total. The lowest BCUT2D eigenvalue weighted by Crippen LogP contribution is -2.47. The molecule has 0 bridgehead atoms. The average molecular weight is 320 g/mol. The summed E-state index contributed by atoms with van der Waals surface area (Å²) in [7, 11) is 0. The Morgan fingerprint density at radius 2 is 1.96 bits per heavy atom. The van der Waals surface area contributed by atoms with Gasteiger partial charge in [0.15, 0.2) is 0 Å². The van der Waals surface area contributed by atoms with Crippen molar-refractivity contribution in [3.05, 3.63) is 30.1 Å². The first-order chi connectivity index (χ1) is 11.0. The molecule has 1 unspecified atom stereocenters. The van der Waals surface area contributed by atoms with Crippen LogP contribution < -0.4 is 5.32 Å². The van der Waals surface area contributed by atoms with Crippen molar-refractivity contribution in [3.63, 3.8) is 0 Å². The SMILES string of the molecule is O=C(Nc1ccccc1F)C(=O)N1CC2CCC[C@@H]2[C@H]1C(=O)O. The molecule has 122 valence electrons. The molecule has 3 atom stereocenters. The van der Waals surface area contributed by atoms with Gasteiger partial charge in [-0.3, -0.25) is 9.59 Å². The first kappa shape index (κ1) is 15.5. The van der Waals surface area contributed by atoms with Crippen molar-refractivity contribution in [1.29, 1.82) is 0 Å². The number of para-hydroxylation sites is 1. The Bertz CT molecular complexity index is 663. The summed E-state index contributed by atoms with van der Waals surface area (Å²) < 4.78 is 13.5. The molecule has 1 aromatic rings. The van der Waals surface area contributed by atoms with Gasteiger partial charge in [-0.25, -0.2) is 9.18 Å². The van der Waals surface area contributed by atoms with Gasteiger partial charge in [0.05, 0.1) is 5.69 Å². The summed E-state index contributed by atoms with van der Waals surface area (Å²) in [6.45, 7) is 0.269. The highest BCUT2D eigenvalue weighted by Gasteiger charge is 2.50. The van der Waals surface area contributed by atoms with Gasteiger partial charge in [0, 0.05) is 6.54 Å². The highest BCUT2D eigenvalue weighted by molar-refractivity contribution is 6.40. The maximum Gasteiger partial charge on any atom is 0.326 e. The van der Waals surface area contributed by atoms with Crippen LogP contribution in [0.2, 0.25) is 0 Å². The van der Waals surface area contributed by atoms with Crippen LogP contribution in [0.15, 0.2) is 24.3 Å². The second-order valence-electron chi connectivity index (χ2n) is 6.03. The molecule has 2 amide bonds. The van der Waals surface area contributed by atoms with Crippen LogP contribution in [0.3, 0.4) is 0 Å². The van der Waals surface area contributed by atoms with Gasteiger partial charge < -0.3 is 15.3 Å². The van der Waals surface area contributed by atoms with Crippen molar-refractivity contribution < 1.29 is 23.9 Å². The van der Waals surface area contributed by atoms with Gasteiger partial charge in [-0.15, -0.1) is 0 Å². The number of rotatable bonds is 2. The fraction of sp³-hybridized carbons (Fsp3) is 0.438. The van der Waals surface area contributed by atoms with E-state index in [1.165, 1.54) is 24.3 Å². The van der Waals surface area contributed by atoms with E-state index in [1.807, 2.05) is 0 Å². The van der Waals surface area contributed by atoms with E-state index in [0.717, 1.165) is 24.2 Å². The topological polar surface area (TPSA) is 86.7 Å². The van der Waals surface area contributed by atoms with E-state index < -0.39 is 29.6 Å². The Kier molecular flexibility index (Phi) is 4.02. The predicted molar refractivity (Wildman–Crippen MR) is 79.0 cm³/mol. The summed E-state index contributed by atoms with van der Waals surface area (Å²) >= 11 is 0. The molecule has 2 aliphatic rings. The highest BCUT2D eigenvalue weighted by atomic mass is 19.1. The molecule has 1 aliphatic heterocycles. The molecule has 0 aromatic heterocycles. The number of carbonyl (C=O) groups excluding carboxylic acids is 2. The smallest absolute Gasteiger partial charge is 0.326 e. The van der Waals surface area contributed by atoms with Crippen molar-refractivity contribution in [3.8, 4) is 0 Å². The monoisotopic (exact) mass is 320 g/mol. The summed E-state index contributed by atoms with van der Waals surface area (Å²) in [6.07, 6.45) is 2.57. The van der Waals surface area contributed by atoms with E-state index in [2.05, 4.69) is 5.32 Å². The zero-order chi connectivity index (χ0) is 16.6. The minimum Gasteiger partial charge on any atom is -0.480 e. The second kappa shape index (κ2) is 5.98. The van der Waals surface area contributed by atoms with Crippen LogP contribution >= 0.6 is 0 Å². The number of halogens is 1. The molecular weight excluding hydrogens is 303 g/mol. The number of likely N-dealkylation sites (tertiary alicyclic amines) is 1. The number of nitrogens with zero attached hydrogens (tertiary/aromatic N) is 1. The number of carboxylic acids is 1. The van der Waals surface area contributed by atoms with Crippen LogP contribution in [-0.2, 0) is 14.4 Å². The van der Waals surface area contributed by atoms with E-state index in [1.54, 1.807) is 0 Å². The van der Waals surface area contributed by atoms with Gasteiger partial charge in [0.1, 0.15) is 11.9 Å². The van der Waals surface area contributed by atoms with Crippen molar-refractivity contribution in [2.45, 2.75) is 25.3 Å². The number of amides is 2. The van der Waals surface area contributed by atoms with E-state index in [9.17, 15) is 23.9 Å². The van der Waals surface area contributed by atoms with Crippen LogP contribution in [0, 0.1) is 17.7 Å². The van der Waals surface area contributed by atoms with Gasteiger partial charge in [0.2, 0.25) is 0 Å². The van der Waals surface area contributed by atoms with Gasteiger partial charge in [-0.05, 0) is 36.8 Å². The molecule has 2 fully saturated rings. The molecule has 1 heterocycles. The van der Waals surface area contributed by atoms with Gasteiger partial charge >= 0.3 is 17.8 Å². The number of anilines is 1. The number of aliphatic carboxylic acids is 1. The zero-order valence-corrected chi connectivity index (χ0v) is 12.4. The fourth-order valence-electron chi connectivity index (χ4n) is 3.70. The maximum atomic E-state index is 13.5. The number of carbonyl (C=O) groups is 3. The standard InChI is InChI=1S/C16H17FN2O4/c17-11-6-1-2-7-12(11)18-14(20)15(21)19-8-9-4-3-5-10(9)13(19)16(22)23/h1-2,6-7,9-10,13H,3-5,8H2,(H,18,20)(H,22,23)/t9?,10-,13-/m0/s1. The Labute approximate surface area is 132 Å². The largest absolute Gasteiger partial charge is 0.480 e. The molecule has 0 spiro atoms. The van der Waals surface area contributed by atoms with Gasteiger partial charge in [-0.1, -0.05) is 18.6 Å². The van der Waals surface area contributed by atoms with Crippen LogP contribution in [0.4, 0.5) is 10.1 Å². The third-order valence-electron chi connectivity index (χ3n) is 4.72. The van der Waals surface area contributed by atoms with Crippen LogP contribution in [0.1, 0.15) is 19.3 Å². The molecule has 1 aliphatic carbocycles. The van der Waals surface area contributed by atoms with E-state index >= 15 is 0 Å². The van der Waals surface area contributed by atoms with Crippen LogP contribution in [0.5, 0.6) is 0 Å². The minimum absolute atomic E-state index is 0.0993. The number of nitrogens with one attached hydrogen (secondary N) is 1. The average Bonchev–Trinajstić information content (AvgIpc) is 3.08. The summed E-state index contributed by atoms with van der Waals surface area (Å²) in [5.41, 5.74) is -0.0999. The van der Waals surface area contributed by atoms with E-state index in [4.69, 9.17) is 0 Å². The fourth-order valence-corrected chi connectivity index (χ4v) is 3.70. The zero-order valence-electron chi connectivity index (χ0n) is 12.4. The summed E-state index contributed by atoms with van der Waals surface area (Å²) in [6, 6.07) is 4.54. The Balaban J connectivity index is 1.75. The molecule has 6 nitrogen and oxygen atoms in total. The molecular formula is C16H17FN2O4. The Morgan fingerprint density at radius 1 is 1.22 bits per heavy atom. The molecule has 0 radical (unpaired) electrons. The Hall–Kier alpha value is -2.44. The minimum atomic E-state index is -1.09. The number of hydrogen-bond acceptors (Lipinski definition) is 3. The van der Waals surface area contributed by atoms with Crippen LogP contribution in [-0.4, -0.2) is 40.4 Å². The van der Waals surface area contributed by atoms with E-state index in [-0.39, 0.29) is 24.1 Å². The number of carboxylic acid groups (broad SMARTS) is 1. The number of fused-ring (bicyclic) bond motifs is 1. The van der Waals surface area contributed by atoms with Crippen molar-refractivity contribution in [1.82, 2.24) is 4.90 Å². The van der Waals surface area contributed by atoms with Crippen molar-refractivity contribution in [2.24, 2.45) is 11.8 Å². The molecule has 3 rings (SSSR count). The number of hydrogen-bond donors (Lipinski definition) is 2. The Morgan fingerprint density at radius 3 is 2.65 bits per heavy atom. The third kappa shape index (κ3) is 2.78. The lowest BCUT2D eigenvalue weighted by molar-refractivity contribution is -0.152. The van der Waals surface area contributed by atoms with Crippen molar-refractivity contribution >= 4 is 23.5 Å². The van der Waals surface area contributed by atoms with Gasteiger partial charge in [0.25, 0.3) is 0 Å². The highest BCUT2D eigenvalue weighted by Crippen LogP contribution is 2.42. The maximum absolute atomic E-state index is 13.5. The van der Waals surface area contributed by atoms with E-state index in [0.29, 0.717) is 0 Å². The molecule has 1 saturated carbocycles. The van der Waals surface area contributed by atoms with Crippen molar-refractivity contribution in [2.75, 3.05) is 11.9 Å². The molecule has 7 heteroatoms. The first-order valence-corrected chi connectivity index (χ1v) is 7.58. The van der Waals surface area contributed by atoms with Gasteiger partial charge in [-0.2, -0.15) is 0 Å². The second-order valence-corrected chi connectivity index (χ2v) is 6.03. The summed E-state index contributed by atoms with van der Waals surface area (Å²) in [5.74, 6) is -3.65. The molecule has 1 aromatic carbocycles. The summed E-state index contributed by atoms with van der Waals surface area (Å²) in [4.78, 5) is 37.0. The lowest BCUT2D eigenvalue weighted by Gasteiger charge is -2.23. The lowest BCUT2D eigenvalue weighted by atomic mass is 9.94.